The number of rotatable bonds is 1. The number of halogens is 2. The first-order valence-electron chi connectivity index (χ1n) is 5.87. The fourth-order valence-corrected chi connectivity index (χ4v) is 2.72. The first kappa shape index (κ1) is 13.0. The summed E-state index contributed by atoms with van der Waals surface area (Å²) in [6, 6.07) is 12.0. The lowest BCUT2D eigenvalue weighted by atomic mass is 10.0. The van der Waals surface area contributed by atoms with Crippen LogP contribution in [0.25, 0.3) is 22.0 Å². The number of aromatic hydroxyl groups is 1. The van der Waals surface area contributed by atoms with Crippen molar-refractivity contribution in [2.24, 2.45) is 0 Å². The lowest BCUT2D eigenvalue weighted by molar-refractivity contribution is 0.482. The minimum Gasteiger partial charge on any atom is -0.506 e. The van der Waals surface area contributed by atoms with Gasteiger partial charge in [-0.1, -0.05) is 53.5 Å². The van der Waals surface area contributed by atoms with Gasteiger partial charge in [0.05, 0.1) is 16.1 Å². The lowest BCUT2D eigenvalue weighted by Crippen LogP contribution is -2.09. The summed E-state index contributed by atoms with van der Waals surface area (Å²) in [4.78, 5) is 14.9. The SMILES string of the molecule is O=c1[nH]c2c(Cl)cc(Cl)cc2c(O)c1-c1ccccc1. The molecule has 0 aliphatic rings. The van der Waals surface area contributed by atoms with E-state index in [4.69, 9.17) is 23.2 Å². The molecule has 0 fully saturated rings. The number of aromatic nitrogens is 1. The van der Waals surface area contributed by atoms with Crippen LogP contribution < -0.4 is 5.56 Å². The molecule has 0 unspecified atom stereocenters. The lowest BCUT2D eigenvalue weighted by Gasteiger charge is -2.09. The number of hydrogen-bond donors (Lipinski definition) is 2. The Labute approximate surface area is 124 Å². The molecule has 3 rings (SSSR count). The molecule has 1 heterocycles. The van der Waals surface area contributed by atoms with Crippen molar-refractivity contribution in [3.05, 3.63) is 62.9 Å². The number of benzene rings is 2. The first-order valence-corrected chi connectivity index (χ1v) is 6.63. The summed E-state index contributed by atoms with van der Waals surface area (Å²) in [5.74, 6) is -0.126. The average Bonchev–Trinajstić information content (AvgIpc) is 2.42. The molecule has 0 saturated carbocycles. The molecular formula is C15H9Cl2NO2. The van der Waals surface area contributed by atoms with Crippen molar-refractivity contribution < 1.29 is 5.11 Å². The Kier molecular flexibility index (Phi) is 3.16. The monoisotopic (exact) mass is 305 g/mol. The van der Waals surface area contributed by atoms with E-state index in [1.54, 1.807) is 30.3 Å². The van der Waals surface area contributed by atoms with Crippen LogP contribution in [-0.2, 0) is 0 Å². The Morgan fingerprint density at radius 3 is 2.45 bits per heavy atom. The van der Waals surface area contributed by atoms with Gasteiger partial charge in [0.1, 0.15) is 5.75 Å². The highest BCUT2D eigenvalue weighted by Gasteiger charge is 2.15. The van der Waals surface area contributed by atoms with Crippen molar-refractivity contribution in [1.82, 2.24) is 4.98 Å². The zero-order valence-electron chi connectivity index (χ0n) is 10.2. The third-order valence-corrected chi connectivity index (χ3v) is 3.59. The highest BCUT2D eigenvalue weighted by atomic mass is 35.5. The molecule has 100 valence electrons. The van der Waals surface area contributed by atoms with Gasteiger partial charge in [-0.05, 0) is 17.7 Å². The molecule has 0 aliphatic heterocycles. The smallest absolute Gasteiger partial charge is 0.260 e. The standard InChI is InChI=1S/C15H9Cl2NO2/c16-9-6-10-13(11(17)7-9)18-15(20)12(14(10)19)8-4-2-1-3-5-8/h1-7H,(H2,18,19,20). The van der Waals surface area contributed by atoms with Gasteiger partial charge in [0.15, 0.2) is 0 Å². The van der Waals surface area contributed by atoms with E-state index in [-0.39, 0.29) is 11.3 Å². The van der Waals surface area contributed by atoms with Crippen molar-refractivity contribution in [3.63, 3.8) is 0 Å². The van der Waals surface area contributed by atoms with Crippen LogP contribution in [0.15, 0.2) is 47.3 Å². The molecule has 5 heteroatoms. The summed E-state index contributed by atoms with van der Waals surface area (Å²) in [7, 11) is 0. The summed E-state index contributed by atoms with van der Waals surface area (Å²) < 4.78 is 0. The molecule has 0 saturated heterocycles. The third kappa shape index (κ3) is 2.05. The van der Waals surface area contributed by atoms with Crippen LogP contribution in [0.5, 0.6) is 5.75 Å². The zero-order chi connectivity index (χ0) is 14.3. The molecule has 0 amide bonds. The van der Waals surface area contributed by atoms with Crippen LogP contribution in [0.3, 0.4) is 0 Å². The highest BCUT2D eigenvalue weighted by molar-refractivity contribution is 6.38. The average molecular weight is 306 g/mol. The summed E-state index contributed by atoms with van der Waals surface area (Å²) in [5.41, 5.74) is 0.810. The summed E-state index contributed by atoms with van der Waals surface area (Å²) in [5, 5.41) is 11.5. The summed E-state index contributed by atoms with van der Waals surface area (Å²) >= 11 is 12.0. The van der Waals surface area contributed by atoms with E-state index < -0.39 is 5.56 Å². The van der Waals surface area contributed by atoms with E-state index in [1.807, 2.05) is 6.07 Å². The number of nitrogens with one attached hydrogen (secondary N) is 1. The Morgan fingerprint density at radius 2 is 1.75 bits per heavy atom. The largest absolute Gasteiger partial charge is 0.506 e. The third-order valence-electron chi connectivity index (χ3n) is 3.07. The van der Waals surface area contributed by atoms with Gasteiger partial charge in [0, 0.05) is 10.4 Å². The number of fused-ring (bicyclic) bond motifs is 1. The Hall–Kier alpha value is -1.97. The maximum atomic E-state index is 12.2. The van der Waals surface area contributed by atoms with Crippen LogP contribution in [0.4, 0.5) is 0 Å². The molecule has 3 aromatic rings. The molecule has 2 N–H and O–H groups in total. The minimum atomic E-state index is -0.398. The van der Waals surface area contributed by atoms with E-state index >= 15 is 0 Å². The van der Waals surface area contributed by atoms with Crippen LogP contribution in [0, 0.1) is 0 Å². The van der Waals surface area contributed by atoms with Crippen LogP contribution in [0.1, 0.15) is 0 Å². The van der Waals surface area contributed by atoms with E-state index in [0.29, 0.717) is 26.5 Å². The molecule has 0 bridgehead atoms. The van der Waals surface area contributed by atoms with Gasteiger partial charge in [0.2, 0.25) is 0 Å². The Bertz CT molecular complexity index is 857. The molecule has 20 heavy (non-hydrogen) atoms. The molecule has 0 aliphatic carbocycles. The van der Waals surface area contributed by atoms with E-state index in [0.717, 1.165) is 0 Å². The van der Waals surface area contributed by atoms with Gasteiger partial charge in [0.25, 0.3) is 5.56 Å². The molecule has 2 aromatic carbocycles. The number of hydrogen-bond acceptors (Lipinski definition) is 2. The minimum absolute atomic E-state index is 0.126. The number of H-pyrrole nitrogens is 1. The predicted octanol–water partition coefficient (Wildman–Crippen LogP) is 4.21. The number of aromatic amines is 1. The maximum absolute atomic E-state index is 12.2. The molecule has 0 radical (unpaired) electrons. The molecular weight excluding hydrogens is 297 g/mol. The van der Waals surface area contributed by atoms with E-state index in [9.17, 15) is 9.90 Å². The summed E-state index contributed by atoms with van der Waals surface area (Å²) in [6.07, 6.45) is 0. The van der Waals surface area contributed by atoms with Crippen molar-refractivity contribution >= 4 is 34.1 Å². The predicted molar refractivity (Wildman–Crippen MR) is 81.7 cm³/mol. The maximum Gasteiger partial charge on any atom is 0.260 e. The first-order chi connectivity index (χ1) is 9.58. The summed E-state index contributed by atoms with van der Waals surface area (Å²) in [6.45, 7) is 0. The second-order valence-corrected chi connectivity index (χ2v) is 5.20. The molecule has 0 spiro atoms. The fraction of sp³-hybridized carbons (Fsp3) is 0. The molecule has 3 nitrogen and oxygen atoms in total. The second-order valence-electron chi connectivity index (χ2n) is 4.35. The Morgan fingerprint density at radius 1 is 1.05 bits per heavy atom. The van der Waals surface area contributed by atoms with Gasteiger partial charge < -0.3 is 10.1 Å². The van der Waals surface area contributed by atoms with E-state index in [1.165, 1.54) is 6.07 Å². The van der Waals surface area contributed by atoms with Gasteiger partial charge in [-0.3, -0.25) is 4.79 Å². The van der Waals surface area contributed by atoms with Gasteiger partial charge in [-0.25, -0.2) is 0 Å². The van der Waals surface area contributed by atoms with Crippen LogP contribution in [0.2, 0.25) is 10.0 Å². The molecule has 1 aromatic heterocycles. The topological polar surface area (TPSA) is 53.1 Å². The Balaban J connectivity index is 2.44. The van der Waals surface area contributed by atoms with Crippen molar-refractivity contribution in [2.45, 2.75) is 0 Å². The van der Waals surface area contributed by atoms with Crippen molar-refractivity contribution in [1.29, 1.82) is 0 Å². The quantitative estimate of drug-likeness (QED) is 0.707. The van der Waals surface area contributed by atoms with Crippen LogP contribution >= 0.6 is 23.2 Å². The second kappa shape index (κ2) is 4.85. The zero-order valence-corrected chi connectivity index (χ0v) is 11.7. The highest BCUT2D eigenvalue weighted by Crippen LogP contribution is 2.36. The van der Waals surface area contributed by atoms with Crippen LogP contribution in [-0.4, -0.2) is 10.1 Å². The van der Waals surface area contributed by atoms with Gasteiger partial charge in [-0.15, -0.1) is 0 Å². The fourth-order valence-electron chi connectivity index (χ4n) is 2.18. The van der Waals surface area contributed by atoms with E-state index in [2.05, 4.69) is 4.98 Å². The van der Waals surface area contributed by atoms with Crippen molar-refractivity contribution in [2.75, 3.05) is 0 Å². The number of pyridine rings is 1. The molecule has 0 atom stereocenters. The van der Waals surface area contributed by atoms with Crippen molar-refractivity contribution in [3.8, 4) is 16.9 Å². The van der Waals surface area contributed by atoms with Gasteiger partial charge in [-0.2, -0.15) is 0 Å². The normalized spacial score (nSPS) is 10.9. The van der Waals surface area contributed by atoms with Gasteiger partial charge >= 0.3 is 0 Å².